The second kappa shape index (κ2) is 8.19. The fourth-order valence-electron chi connectivity index (χ4n) is 2.04. The molecule has 5 heteroatoms. The molecule has 20 heavy (non-hydrogen) atoms. The van der Waals surface area contributed by atoms with E-state index < -0.39 is 11.9 Å². The number of aromatic hydroxyl groups is 1. The smallest absolute Gasteiger partial charge is 0.342 e. The molecular weight excluding hydrogens is 260 g/mol. The summed E-state index contributed by atoms with van der Waals surface area (Å²) in [6.07, 6.45) is 5.39. The normalized spacial score (nSPS) is 14.8. The molecule has 0 unspecified atom stereocenters. The zero-order valence-corrected chi connectivity index (χ0v) is 11.5. The van der Waals surface area contributed by atoms with Crippen molar-refractivity contribution in [2.45, 2.75) is 45.1 Å². The second-order valence-electron chi connectivity index (χ2n) is 4.70. The molecule has 1 fully saturated rings. The molecule has 0 aromatic heterocycles. The SMILES string of the molecule is CC(=O)O.O=C(OC1CCCCC1)c1ccccc1O. The number of carboxylic acids is 1. The predicted octanol–water partition coefficient (Wildman–Crippen LogP) is 2.97. The summed E-state index contributed by atoms with van der Waals surface area (Å²) in [7, 11) is 0. The van der Waals surface area contributed by atoms with Gasteiger partial charge in [-0.25, -0.2) is 4.79 Å². The van der Waals surface area contributed by atoms with E-state index in [-0.39, 0.29) is 17.4 Å². The molecule has 0 aliphatic heterocycles. The molecule has 1 aliphatic carbocycles. The summed E-state index contributed by atoms with van der Waals surface area (Å²) in [6.45, 7) is 1.08. The van der Waals surface area contributed by atoms with E-state index in [1.807, 2.05) is 0 Å². The molecule has 1 aromatic carbocycles. The van der Waals surface area contributed by atoms with Gasteiger partial charge in [-0.15, -0.1) is 0 Å². The van der Waals surface area contributed by atoms with Crippen molar-refractivity contribution in [2.24, 2.45) is 0 Å². The lowest BCUT2D eigenvalue weighted by molar-refractivity contribution is -0.134. The molecule has 2 N–H and O–H groups in total. The molecule has 1 aliphatic rings. The molecule has 110 valence electrons. The third kappa shape index (κ3) is 5.73. The Morgan fingerprint density at radius 2 is 1.70 bits per heavy atom. The maximum Gasteiger partial charge on any atom is 0.342 e. The van der Waals surface area contributed by atoms with Crippen LogP contribution in [0.25, 0.3) is 0 Å². The van der Waals surface area contributed by atoms with Crippen LogP contribution in [0.4, 0.5) is 0 Å². The van der Waals surface area contributed by atoms with Crippen molar-refractivity contribution >= 4 is 11.9 Å². The minimum Gasteiger partial charge on any atom is -0.507 e. The van der Waals surface area contributed by atoms with E-state index >= 15 is 0 Å². The van der Waals surface area contributed by atoms with Gasteiger partial charge in [-0.05, 0) is 37.8 Å². The van der Waals surface area contributed by atoms with Gasteiger partial charge >= 0.3 is 5.97 Å². The number of hydrogen-bond donors (Lipinski definition) is 2. The third-order valence-corrected chi connectivity index (χ3v) is 2.95. The van der Waals surface area contributed by atoms with E-state index in [0.717, 1.165) is 32.6 Å². The lowest BCUT2D eigenvalue weighted by Gasteiger charge is -2.21. The number of carbonyl (C=O) groups excluding carboxylic acids is 1. The van der Waals surface area contributed by atoms with Crippen LogP contribution in [0.1, 0.15) is 49.4 Å². The van der Waals surface area contributed by atoms with E-state index in [1.165, 1.54) is 12.5 Å². The number of benzene rings is 1. The molecular formula is C15H20O5. The lowest BCUT2D eigenvalue weighted by atomic mass is 9.98. The fourth-order valence-corrected chi connectivity index (χ4v) is 2.04. The first-order valence-electron chi connectivity index (χ1n) is 6.69. The van der Waals surface area contributed by atoms with E-state index in [1.54, 1.807) is 18.2 Å². The Bertz CT molecular complexity index is 445. The Balaban J connectivity index is 0.000000444. The van der Waals surface area contributed by atoms with Crippen LogP contribution < -0.4 is 0 Å². The minimum atomic E-state index is -0.833. The molecule has 0 saturated heterocycles. The van der Waals surface area contributed by atoms with Crippen molar-refractivity contribution < 1.29 is 24.5 Å². The Labute approximate surface area is 118 Å². The molecule has 0 bridgehead atoms. The first-order valence-corrected chi connectivity index (χ1v) is 6.69. The summed E-state index contributed by atoms with van der Waals surface area (Å²) in [5.41, 5.74) is 0.257. The maximum absolute atomic E-state index is 11.8. The average Bonchev–Trinajstić information content (AvgIpc) is 2.39. The number of aliphatic carboxylic acids is 1. The Kier molecular flexibility index (Phi) is 6.56. The predicted molar refractivity (Wildman–Crippen MR) is 73.7 cm³/mol. The van der Waals surface area contributed by atoms with E-state index in [0.29, 0.717) is 0 Å². The van der Waals surface area contributed by atoms with Gasteiger partial charge in [0, 0.05) is 6.92 Å². The summed E-state index contributed by atoms with van der Waals surface area (Å²) in [6, 6.07) is 6.49. The molecule has 1 aromatic rings. The quantitative estimate of drug-likeness (QED) is 0.814. The van der Waals surface area contributed by atoms with Crippen molar-refractivity contribution in [1.82, 2.24) is 0 Å². The standard InChI is InChI=1S/C13H16O3.C2H4O2/c14-12-9-5-4-8-11(12)13(15)16-10-6-2-1-3-7-10;1-2(3)4/h4-5,8-10,14H,1-3,6-7H2;1H3,(H,3,4). The highest BCUT2D eigenvalue weighted by Crippen LogP contribution is 2.23. The van der Waals surface area contributed by atoms with Gasteiger partial charge in [0.05, 0.1) is 0 Å². The van der Waals surface area contributed by atoms with Crippen molar-refractivity contribution in [3.8, 4) is 5.75 Å². The van der Waals surface area contributed by atoms with Gasteiger partial charge in [-0.3, -0.25) is 4.79 Å². The maximum atomic E-state index is 11.8. The number of ether oxygens (including phenoxy) is 1. The summed E-state index contributed by atoms with van der Waals surface area (Å²) in [5.74, 6) is -1.26. The van der Waals surface area contributed by atoms with E-state index in [9.17, 15) is 9.90 Å². The Hall–Kier alpha value is -2.04. The number of para-hydroxylation sites is 1. The van der Waals surface area contributed by atoms with Crippen LogP contribution in [0.3, 0.4) is 0 Å². The number of carboxylic acid groups (broad SMARTS) is 1. The van der Waals surface area contributed by atoms with Gasteiger partial charge in [-0.1, -0.05) is 18.6 Å². The highest BCUT2D eigenvalue weighted by Gasteiger charge is 2.20. The fraction of sp³-hybridized carbons (Fsp3) is 0.467. The van der Waals surface area contributed by atoms with Crippen LogP contribution >= 0.6 is 0 Å². The van der Waals surface area contributed by atoms with Gasteiger partial charge in [0.1, 0.15) is 17.4 Å². The van der Waals surface area contributed by atoms with E-state index in [4.69, 9.17) is 14.6 Å². The number of phenols is 1. The van der Waals surface area contributed by atoms with Gasteiger partial charge in [0.25, 0.3) is 5.97 Å². The largest absolute Gasteiger partial charge is 0.507 e. The highest BCUT2D eigenvalue weighted by molar-refractivity contribution is 5.92. The topological polar surface area (TPSA) is 83.8 Å². The summed E-state index contributed by atoms with van der Waals surface area (Å²) in [4.78, 5) is 20.8. The molecule has 0 atom stereocenters. The molecule has 1 saturated carbocycles. The van der Waals surface area contributed by atoms with Crippen molar-refractivity contribution in [2.75, 3.05) is 0 Å². The first kappa shape index (κ1) is 16.0. The molecule has 0 spiro atoms. The molecule has 5 nitrogen and oxygen atoms in total. The Morgan fingerprint density at radius 3 is 2.25 bits per heavy atom. The third-order valence-electron chi connectivity index (χ3n) is 2.95. The number of carbonyl (C=O) groups is 2. The van der Waals surface area contributed by atoms with Crippen molar-refractivity contribution in [3.63, 3.8) is 0 Å². The number of phenolic OH excluding ortho intramolecular Hbond substituents is 1. The Morgan fingerprint density at radius 1 is 1.15 bits per heavy atom. The first-order chi connectivity index (χ1) is 9.50. The van der Waals surface area contributed by atoms with Crippen molar-refractivity contribution in [1.29, 1.82) is 0 Å². The summed E-state index contributed by atoms with van der Waals surface area (Å²) >= 11 is 0. The van der Waals surface area contributed by atoms with Gasteiger partial charge in [0.15, 0.2) is 0 Å². The van der Waals surface area contributed by atoms with Crippen LogP contribution in [0.2, 0.25) is 0 Å². The highest BCUT2D eigenvalue weighted by atomic mass is 16.5. The van der Waals surface area contributed by atoms with Crippen LogP contribution in [-0.4, -0.2) is 28.3 Å². The zero-order chi connectivity index (χ0) is 15.0. The van der Waals surface area contributed by atoms with Crippen LogP contribution in [0.5, 0.6) is 5.75 Å². The minimum absolute atomic E-state index is 0.0108. The average molecular weight is 280 g/mol. The van der Waals surface area contributed by atoms with Crippen LogP contribution in [-0.2, 0) is 9.53 Å². The monoisotopic (exact) mass is 280 g/mol. The second-order valence-corrected chi connectivity index (χ2v) is 4.70. The number of esters is 1. The van der Waals surface area contributed by atoms with Gasteiger partial charge in [0.2, 0.25) is 0 Å². The summed E-state index contributed by atoms with van der Waals surface area (Å²) < 4.78 is 5.36. The molecule has 0 radical (unpaired) electrons. The molecule has 2 rings (SSSR count). The van der Waals surface area contributed by atoms with E-state index in [2.05, 4.69) is 0 Å². The van der Waals surface area contributed by atoms with Gasteiger partial charge < -0.3 is 14.9 Å². The lowest BCUT2D eigenvalue weighted by Crippen LogP contribution is -2.20. The number of rotatable bonds is 2. The number of hydrogen-bond acceptors (Lipinski definition) is 4. The molecule has 0 heterocycles. The summed E-state index contributed by atoms with van der Waals surface area (Å²) in [5, 5.41) is 16.9. The van der Waals surface area contributed by atoms with Crippen LogP contribution in [0.15, 0.2) is 24.3 Å². The van der Waals surface area contributed by atoms with Crippen LogP contribution in [0, 0.1) is 0 Å². The zero-order valence-electron chi connectivity index (χ0n) is 11.5. The van der Waals surface area contributed by atoms with Gasteiger partial charge in [-0.2, -0.15) is 0 Å². The van der Waals surface area contributed by atoms with Crippen molar-refractivity contribution in [3.05, 3.63) is 29.8 Å². The molecule has 0 amide bonds.